The Morgan fingerprint density at radius 1 is 0.690 bits per heavy atom. The number of nitrogens with one attached hydrogen (secondary N) is 2. The van der Waals surface area contributed by atoms with Gasteiger partial charge in [0.05, 0.1) is 33.6 Å². The fraction of sp³-hybridized carbons (Fsp3) is 0.0769. The molecule has 0 fully saturated rings. The molecule has 2 N–H and O–H groups in total. The quantitative estimate of drug-likeness (QED) is 0.174. The zero-order valence-electron chi connectivity index (χ0n) is 20.4. The van der Waals surface area contributed by atoms with E-state index in [9.17, 15) is 44.7 Å². The van der Waals surface area contributed by atoms with Gasteiger partial charge in [-0.25, -0.2) is 18.7 Å². The van der Waals surface area contributed by atoms with Crippen molar-refractivity contribution in [1.82, 2.24) is 9.97 Å². The zero-order valence-corrected chi connectivity index (χ0v) is 21.9. The summed E-state index contributed by atoms with van der Waals surface area (Å²) in [5, 5.41) is 4.38. The molecule has 220 valence electrons. The summed E-state index contributed by atoms with van der Waals surface area (Å²) in [7, 11) is 0. The van der Waals surface area contributed by atoms with E-state index in [1.165, 1.54) is 36.7 Å². The molecule has 0 aliphatic heterocycles. The van der Waals surface area contributed by atoms with Crippen molar-refractivity contribution in [2.45, 2.75) is 12.4 Å². The molecule has 0 bridgehead atoms. The van der Waals surface area contributed by atoms with Crippen LogP contribution in [0.1, 0.15) is 31.8 Å². The molecule has 42 heavy (non-hydrogen) atoms. The largest absolute Gasteiger partial charge is 0.416 e. The third-order valence-electron chi connectivity index (χ3n) is 5.08. The third-order valence-corrected chi connectivity index (χ3v) is 5.61. The van der Waals surface area contributed by atoms with Crippen molar-refractivity contribution in [2.75, 3.05) is 10.6 Å². The van der Waals surface area contributed by atoms with Gasteiger partial charge in [-0.3, -0.25) is 9.59 Å². The number of nitrogens with zero attached hydrogens (tertiary/aromatic N) is 2. The summed E-state index contributed by atoms with van der Waals surface area (Å²) in [6.07, 6.45) is -6.78. The first-order chi connectivity index (χ1) is 19.6. The Hall–Kier alpha value is -4.30. The second kappa shape index (κ2) is 13.1. The maximum Gasteiger partial charge on any atom is 0.416 e. The van der Waals surface area contributed by atoms with Crippen molar-refractivity contribution in [3.8, 4) is 0 Å². The van der Waals surface area contributed by atoms with E-state index in [2.05, 4.69) is 20.6 Å². The number of hydrogen-bond donors (Lipinski definition) is 2. The van der Waals surface area contributed by atoms with Crippen molar-refractivity contribution in [3.63, 3.8) is 0 Å². The third kappa shape index (κ3) is 8.60. The predicted molar refractivity (Wildman–Crippen MR) is 137 cm³/mol. The smallest absolute Gasteiger partial charge is 0.319 e. The van der Waals surface area contributed by atoms with Crippen molar-refractivity contribution >= 4 is 46.4 Å². The monoisotopic (exact) mass is 636 g/mol. The molecule has 4 aromatic rings. The van der Waals surface area contributed by atoms with E-state index >= 15 is 0 Å². The number of alkyl halides is 6. The van der Waals surface area contributed by atoms with Crippen LogP contribution in [0.15, 0.2) is 73.1 Å². The number of aromatic nitrogens is 2. The maximum atomic E-state index is 13.6. The van der Waals surface area contributed by atoms with Crippen molar-refractivity contribution < 1.29 is 44.7 Å². The molecule has 0 saturated heterocycles. The number of anilines is 2. The lowest BCUT2D eigenvalue weighted by Crippen LogP contribution is -2.14. The Labute approximate surface area is 241 Å². The van der Waals surface area contributed by atoms with E-state index in [1.807, 2.05) is 0 Å². The number of carbonyl (C=O) groups excluding carboxylic acids is 2. The summed E-state index contributed by atoms with van der Waals surface area (Å²) in [5.74, 6) is -3.86. The molecule has 0 saturated carbocycles. The minimum atomic E-state index is -4.66. The van der Waals surface area contributed by atoms with E-state index in [4.69, 9.17) is 23.2 Å². The van der Waals surface area contributed by atoms with Crippen molar-refractivity contribution in [3.05, 3.63) is 117 Å². The van der Waals surface area contributed by atoms with Gasteiger partial charge in [0.15, 0.2) is 0 Å². The van der Waals surface area contributed by atoms with E-state index in [0.29, 0.717) is 24.3 Å². The fourth-order valence-electron chi connectivity index (χ4n) is 3.04. The molecule has 0 spiro atoms. The fourth-order valence-corrected chi connectivity index (χ4v) is 3.35. The highest BCUT2D eigenvalue weighted by Crippen LogP contribution is 2.32. The molecule has 0 atom stereocenters. The number of pyridine rings is 2. The predicted octanol–water partition coefficient (Wildman–Crippen LogP) is 8.29. The molecular formula is C26H14Cl2F8N4O2. The highest BCUT2D eigenvalue weighted by atomic mass is 35.5. The number of amides is 2. The molecule has 6 nitrogen and oxygen atoms in total. The van der Waals surface area contributed by atoms with Crippen LogP contribution < -0.4 is 10.6 Å². The van der Waals surface area contributed by atoms with Crippen LogP contribution in [-0.4, -0.2) is 21.8 Å². The number of hydrogen-bond acceptors (Lipinski definition) is 4. The van der Waals surface area contributed by atoms with Crippen LogP contribution >= 0.6 is 23.2 Å². The SMILES string of the molecule is O=C(Nc1ccc(C(F)(F)F)cc1F)c1ccc(Cl)nc1.O=C(Nc1ccc(C(F)(F)F)cc1F)c1cccnc1Cl. The normalized spacial score (nSPS) is 11.3. The van der Waals surface area contributed by atoms with Gasteiger partial charge in [-0.2, -0.15) is 26.3 Å². The molecular weight excluding hydrogens is 623 g/mol. The topological polar surface area (TPSA) is 84.0 Å². The van der Waals surface area contributed by atoms with Crippen LogP contribution in [0, 0.1) is 11.6 Å². The average Bonchev–Trinajstić information content (AvgIpc) is 2.90. The van der Waals surface area contributed by atoms with Crippen LogP contribution in [0.25, 0.3) is 0 Å². The average molecular weight is 637 g/mol. The number of halogens is 10. The van der Waals surface area contributed by atoms with Crippen LogP contribution in [0.4, 0.5) is 46.5 Å². The molecule has 0 radical (unpaired) electrons. The summed E-state index contributed by atoms with van der Waals surface area (Å²) in [6, 6.07) is 9.17. The number of benzene rings is 2. The van der Waals surface area contributed by atoms with E-state index in [0.717, 1.165) is 12.1 Å². The van der Waals surface area contributed by atoms with Gasteiger partial charge in [0, 0.05) is 12.4 Å². The van der Waals surface area contributed by atoms with E-state index in [-0.39, 0.29) is 32.8 Å². The summed E-state index contributed by atoms with van der Waals surface area (Å²) < 4.78 is 102. The Bertz CT molecular complexity index is 1600. The summed E-state index contributed by atoms with van der Waals surface area (Å²) in [6.45, 7) is 0. The lowest BCUT2D eigenvalue weighted by Gasteiger charge is -2.10. The maximum absolute atomic E-state index is 13.6. The van der Waals surface area contributed by atoms with E-state index in [1.54, 1.807) is 0 Å². The molecule has 0 aliphatic carbocycles. The van der Waals surface area contributed by atoms with Gasteiger partial charge in [0.25, 0.3) is 11.8 Å². The first kappa shape index (κ1) is 32.2. The highest BCUT2D eigenvalue weighted by molar-refractivity contribution is 6.33. The van der Waals surface area contributed by atoms with Crippen LogP contribution in [0.3, 0.4) is 0 Å². The molecule has 4 rings (SSSR count). The summed E-state index contributed by atoms with van der Waals surface area (Å²) in [5.41, 5.74) is -2.93. The van der Waals surface area contributed by atoms with Gasteiger partial charge in [-0.15, -0.1) is 0 Å². The van der Waals surface area contributed by atoms with Gasteiger partial charge in [-0.05, 0) is 60.7 Å². The first-order valence-electron chi connectivity index (χ1n) is 11.1. The Balaban J connectivity index is 0.000000230. The van der Waals surface area contributed by atoms with Crippen molar-refractivity contribution in [1.29, 1.82) is 0 Å². The minimum Gasteiger partial charge on any atom is -0.319 e. The molecule has 2 heterocycles. The van der Waals surface area contributed by atoms with E-state index < -0.39 is 46.9 Å². The molecule has 0 unspecified atom stereocenters. The Morgan fingerprint density at radius 3 is 1.64 bits per heavy atom. The minimum absolute atomic E-state index is 0.0153. The first-order valence-corrected chi connectivity index (χ1v) is 11.9. The highest BCUT2D eigenvalue weighted by Gasteiger charge is 2.32. The molecule has 2 amide bonds. The van der Waals surface area contributed by atoms with Gasteiger partial charge in [-0.1, -0.05) is 23.2 Å². The summed E-state index contributed by atoms with van der Waals surface area (Å²) in [4.78, 5) is 31.0. The number of carbonyl (C=O) groups is 2. The summed E-state index contributed by atoms with van der Waals surface area (Å²) >= 11 is 11.2. The van der Waals surface area contributed by atoms with Gasteiger partial charge in [0.1, 0.15) is 21.9 Å². The standard InChI is InChI=1S/2C13H7ClF4N2O/c14-11-4-1-7(6-19-11)12(21)20-10-3-2-8(5-9(10)15)13(16,17)18;14-11-8(2-1-5-19-11)12(21)20-10-4-3-7(6-9(10)15)13(16,17)18/h2*1-6H,(H,20,21). The molecule has 2 aromatic carbocycles. The Kier molecular flexibility index (Phi) is 10.1. The molecule has 0 aliphatic rings. The van der Waals surface area contributed by atoms with Gasteiger partial charge < -0.3 is 10.6 Å². The van der Waals surface area contributed by atoms with Crippen LogP contribution in [0.5, 0.6) is 0 Å². The molecule has 16 heteroatoms. The van der Waals surface area contributed by atoms with Crippen molar-refractivity contribution in [2.24, 2.45) is 0 Å². The lowest BCUT2D eigenvalue weighted by molar-refractivity contribution is -0.138. The number of rotatable bonds is 4. The lowest BCUT2D eigenvalue weighted by atomic mass is 10.2. The zero-order chi connectivity index (χ0) is 31.2. The van der Waals surface area contributed by atoms with Crippen LogP contribution in [-0.2, 0) is 12.4 Å². The second-order valence-electron chi connectivity index (χ2n) is 8.00. The Morgan fingerprint density at radius 2 is 1.21 bits per heavy atom. The molecule has 2 aromatic heterocycles. The van der Waals surface area contributed by atoms with Gasteiger partial charge >= 0.3 is 12.4 Å². The van der Waals surface area contributed by atoms with Crippen LogP contribution in [0.2, 0.25) is 10.3 Å². The second-order valence-corrected chi connectivity index (χ2v) is 8.75. The van der Waals surface area contributed by atoms with Gasteiger partial charge in [0.2, 0.25) is 0 Å².